The lowest BCUT2D eigenvalue weighted by Crippen LogP contribution is -2.11. The van der Waals surface area contributed by atoms with E-state index in [1.54, 1.807) is 24.3 Å². The maximum Gasteiger partial charge on any atom is 0.255 e. The zero-order valence-electron chi connectivity index (χ0n) is 17.3. The predicted molar refractivity (Wildman–Crippen MR) is 125 cm³/mol. The van der Waals surface area contributed by atoms with Gasteiger partial charge in [0.05, 0.1) is 0 Å². The molecule has 2 nitrogen and oxygen atoms in total. The second-order valence-electron chi connectivity index (χ2n) is 8.18. The van der Waals surface area contributed by atoms with Crippen molar-refractivity contribution in [3.05, 3.63) is 94.0 Å². The zero-order chi connectivity index (χ0) is 21.0. The van der Waals surface area contributed by atoms with Crippen molar-refractivity contribution in [1.29, 1.82) is 0 Å². The van der Waals surface area contributed by atoms with Gasteiger partial charge in [-0.05, 0) is 71.5 Å². The Morgan fingerprint density at radius 2 is 1.62 bits per heavy atom. The van der Waals surface area contributed by atoms with E-state index in [0.717, 1.165) is 11.4 Å². The number of halogens is 1. The van der Waals surface area contributed by atoms with Gasteiger partial charge in [0.25, 0.3) is 5.91 Å². The molecule has 0 aliphatic heterocycles. The molecule has 0 atom stereocenters. The molecule has 0 radical (unpaired) electrons. The number of thioether (sulfide) groups is 1. The minimum absolute atomic E-state index is 0.125. The standard InChI is InChI=1S/C25H26ClNOS/c1-17-15-20(25(2,3)4)9-14-23(17)29-16-18-5-7-19(8-6-18)24(28)27-22-12-10-21(26)11-13-22/h5-15H,16H2,1-4H3,(H,27,28). The molecule has 1 N–H and O–H groups in total. The molecule has 150 valence electrons. The number of hydrogen-bond acceptors (Lipinski definition) is 2. The monoisotopic (exact) mass is 423 g/mol. The van der Waals surface area contributed by atoms with Crippen LogP contribution in [0.5, 0.6) is 0 Å². The van der Waals surface area contributed by atoms with E-state index in [4.69, 9.17) is 11.6 Å². The van der Waals surface area contributed by atoms with Crippen molar-refractivity contribution < 1.29 is 4.79 Å². The summed E-state index contributed by atoms with van der Waals surface area (Å²) < 4.78 is 0. The zero-order valence-corrected chi connectivity index (χ0v) is 18.8. The predicted octanol–water partition coefficient (Wildman–Crippen LogP) is 7.49. The molecule has 1 amide bonds. The average molecular weight is 424 g/mol. The number of benzene rings is 3. The summed E-state index contributed by atoms with van der Waals surface area (Å²) in [6.45, 7) is 8.87. The molecule has 29 heavy (non-hydrogen) atoms. The average Bonchev–Trinajstić information content (AvgIpc) is 2.68. The molecule has 3 aromatic rings. The number of carbonyl (C=O) groups is 1. The SMILES string of the molecule is Cc1cc(C(C)(C)C)ccc1SCc1ccc(C(=O)Nc2ccc(Cl)cc2)cc1. The molecule has 0 unspecified atom stereocenters. The highest BCUT2D eigenvalue weighted by atomic mass is 35.5. The Labute approximate surface area is 182 Å². The molecule has 0 aromatic heterocycles. The van der Waals surface area contributed by atoms with Crippen molar-refractivity contribution >= 4 is 35.0 Å². The maximum absolute atomic E-state index is 12.4. The molecule has 0 heterocycles. The Bertz CT molecular complexity index is 989. The van der Waals surface area contributed by atoms with Crippen LogP contribution >= 0.6 is 23.4 Å². The van der Waals surface area contributed by atoms with Gasteiger partial charge in [-0.1, -0.05) is 56.6 Å². The number of aryl methyl sites for hydroxylation is 1. The Balaban J connectivity index is 1.60. The number of hydrogen-bond donors (Lipinski definition) is 1. The van der Waals surface area contributed by atoms with Gasteiger partial charge in [-0.2, -0.15) is 0 Å². The first-order valence-corrected chi connectivity index (χ1v) is 11.0. The quantitative estimate of drug-likeness (QED) is 0.430. The van der Waals surface area contributed by atoms with E-state index in [2.05, 4.69) is 51.2 Å². The fourth-order valence-corrected chi connectivity index (χ4v) is 4.02. The van der Waals surface area contributed by atoms with E-state index in [0.29, 0.717) is 10.6 Å². The van der Waals surface area contributed by atoms with Gasteiger partial charge in [0.2, 0.25) is 0 Å². The number of rotatable bonds is 5. The topological polar surface area (TPSA) is 29.1 Å². The van der Waals surface area contributed by atoms with Gasteiger partial charge in [-0.25, -0.2) is 0 Å². The Morgan fingerprint density at radius 1 is 0.966 bits per heavy atom. The van der Waals surface area contributed by atoms with Crippen LogP contribution in [0.3, 0.4) is 0 Å². The first-order chi connectivity index (χ1) is 13.7. The summed E-state index contributed by atoms with van der Waals surface area (Å²) in [6, 6.07) is 21.6. The molecular weight excluding hydrogens is 398 g/mol. The number of amides is 1. The first-order valence-electron chi connectivity index (χ1n) is 9.62. The molecular formula is C25H26ClNOS. The fraction of sp³-hybridized carbons (Fsp3) is 0.240. The van der Waals surface area contributed by atoms with Crippen LogP contribution in [0.1, 0.15) is 47.8 Å². The van der Waals surface area contributed by atoms with Crippen LogP contribution in [0.2, 0.25) is 5.02 Å². The highest BCUT2D eigenvalue weighted by molar-refractivity contribution is 7.98. The molecule has 0 aliphatic carbocycles. The van der Waals surface area contributed by atoms with E-state index in [1.807, 2.05) is 36.0 Å². The Kier molecular flexibility index (Phi) is 6.71. The minimum Gasteiger partial charge on any atom is -0.322 e. The van der Waals surface area contributed by atoms with Crippen molar-refractivity contribution in [3.8, 4) is 0 Å². The van der Waals surface area contributed by atoms with Crippen molar-refractivity contribution in [2.75, 3.05) is 5.32 Å². The molecule has 0 aliphatic rings. The third kappa shape index (κ3) is 5.88. The highest BCUT2D eigenvalue weighted by Crippen LogP contribution is 2.30. The molecule has 4 heteroatoms. The molecule has 0 bridgehead atoms. The highest BCUT2D eigenvalue weighted by Gasteiger charge is 2.14. The summed E-state index contributed by atoms with van der Waals surface area (Å²) in [7, 11) is 0. The van der Waals surface area contributed by atoms with Gasteiger partial charge in [-0.3, -0.25) is 4.79 Å². The molecule has 0 fully saturated rings. The van der Waals surface area contributed by atoms with Crippen LogP contribution in [-0.2, 0) is 11.2 Å². The third-order valence-corrected chi connectivity index (χ3v) is 6.25. The van der Waals surface area contributed by atoms with E-state index >= 15 is 0 Å². The number of carbonyl (C=O) groups excluding carboxylic acids is 1. The summed E-state index contributed by atoms with van der Waals surface area (Å²) in [4.78, 5) is 13.7. The Hall–Kier alpha value is -2.23. The van der Waals surface area contributed by atoms with E-state index in [9.17, 15) is 4.79 Å². The maximum atomic E-state index is 12.4. The summed E-state index contributed by atoms with van der Waals surface area (Å²) in [5.74, 6) is 0.745. The van der Waals surface area contributed by atoms with Gasteiger partial charge < -0.3 is 5.32 Å². The molecule has 0 spiro atoms. The first kappa shape index (κ1) is 21.5. The fourth-order valence-electron chi connectivity index (χ4n) is 2.93. The van der Waals surface area contributed by atoms with Crippen molar-refractivity contribution in [1.82, 2.24) is 0 Å². The molecule has 3 rings (SSSR count). The normalized spacial score (nSPS) is 11.3. The van der Waals surface area contributed by atoms with Crippen molar-refractivity contribution in [2.45, 2.75) is 43.8 Å². The van der Waals surface area contributed by atoms with Crippen molar-refractivity contribution in [2.24, 2.45) is 0 Å². The lowest BCUT2D eigenvalue weighted by molar-refractivity contribution is 0.102. The second-order valence-corrected chi connectivity index (χ2v) is 9.63. The largest absolute Gasteiger partial charge is 0.322 e. The Morgan fingerprint density at radius 3 is 2.21 bits per heavy atom. The van der Waals surface area contributed by atoms with E-state index < -0.39 is 0 Å². The molecule has 0 saturated heterocycles. The van der Waals surface area contributed by atoms with Gasteiger partial charge in [0.1, 0.15) is 0 Å². The minimum atomic E-state index is -0.125. The second kappa shape index (κ2) is 9.06. The van der Waals surface area contributed by atoms with E-state index in [1.165, 1.54) is 21.6 Å². The van der Waals surface area contributed by atoms with Gasteiger partial charge in [0.15, 0.2) is 0 Å². The van der Waals surface area contributed by atoms with Crippen LogP contribution in [0.25, 0.3) is 0 Å². The number of anilines is 1. The molecule has 3 aromatic carbocycles. The van der Waals surface area contributed by atoms with Crippen LogP contribution < -0.4 is 5.32 Å². The van der Waals surface area contributed by atoms with Gasteiger partial charge >= 0.3 is 0 Å². The van der Waals surface area contributed by atoms with Crippen LogP contribution in [0.4, 0.5) is 5.69 Å². The van der Waals surface area contributed by atoms with E-state index in [-0.39, 0.29) is 11.3 Å². The van der Waals surface area contributed by atoms with Crippen molar-refractivity contribution in [3.63, 3.8) is 0 Å². The van der Waals surface area contributed by atoms with Gasteiger partial charge in [0, 0.05) is 26.9 Å². The van der Waals surface area contributed by atoms with Gasteiger partial charge in [-0.15, -0.1) is 11.8 Å². The third-order valence-electron chi connectivity index (χ3n) is 4.75. The van der Waals surface area contributed by atoms with Crippen LogP contribution in [-0.4, -0.2) is 5.91 Å². The summed E-state index contributed by atoms with van der Waals surface area (Å²) in [6.07, 6.45) is 0. The summed E-state index contributed by atoms with van der Waals surface area (Å²) in [5.41, 5.74) is 5.39. The number of nitrogens with one attached hydrogen (secondary N) is 1. The lowest BCUT2D eigenvalue weighted by Gasteiger charge is -2.20. The summed E-state index contributed by atoms with van der Waals surface area (Å²) >= 11 is 7.70. The summed E-state index contributed by atoms with van der Waals surface area (Å²) in [5, 5.41) is 3.53. The van der Waals surface area contributed by atoms with Crippen LogP contribution in [0, 0.1) is 6.92 Å². The van der Waals surface area contributed by atoms with Crippen LogP contribution in [0.15, 0.2) is 71.6 Å². The molecule has 0 saturated carbocycles. The lowest BCUT2D eigenvalue weighted by atomic mass is 9.86. The smallest absolute Gasteiger partial charge is 0.255 e.